The van der Waals surface area contributed by atoms with E-state index in [1.54, 1.807) is 20.8 Å². The van der Waals surface area contributed by atoms with Crippen LogP contribution in [-0.4, -0.2) is 47.8 Å². The predicted octanol–water partition coefficient (Wildman–Crippen LogP) is 1.15. The number of sulfonamides is 2. The van der Waals surface area contributed by atoms with Gasteiger partial charge in [0, 0.05) is 13.2 Å². The maximum atomic E-state index is 12.6. The molecule has 1 N–H and O–H groups in total. The van der Waals surface area contributed by atoms with Gasteiger partial charge in [-0.05, 0) is 57.4 Å². The van der Waals surface area contributed by atoms with E-state index >= 15 is 0 Å². The van der Waals surface area contributed by atoms with Gasteiger partial charge >= 0.3 is 0 Å². The molecule has 150 valence electrons. The molecule has 2 aliphatic heterocycles. The Balaban J connectivity index is 1.86. The highest BCUT2D eigenvalue weighted by molar-refractivity contribution is 7.94. The normalized spacial score (nSPS) is 24.5. The molecule has 1 aromatic rings. The summed E-state index contributed by atoms with van der Waals surface area (Å²) in [4.78, 5) is 12.5. The van der Waals surface area contributed by atoms with Gasteiger partial charge in [0.05, 0.1) is 27.9 Å². The van der Waals surface area contributed by atoms with Gasteiger partial charge in [-0.25, -0.2) is 25.9 Å². The van der Waals surface area contributed by atoms with Crippen LogP contribution >= 0.6 is 0 Å². The molecule has 2 saturated heterocycles. The van der Waals surface area contributed by atoms with E-state index in [0.717, 1.165) is 17.1 Å². The number of nitrogens with zero attached hydrogens (tertiary/aromatic N) is 1. The number of aryl methyl sites for hydroxylation is 1. The van der Waals surface area contributed by atoms with Gasteiger partial charge in [-0.1, -0.05) is 0 Å². The second-order valence-electron chi connectivity index (χ2n) is 7.65. The minimum Gasteiger partial charge on any atom is -0.377 e. The Morgan fingerprint density at radius 3 is 2.56 bits per heavy atom. The number of carbonyl (C=O) groups excluding carboxylic acids is 1. The molecule has 0 aliphatic carbocycles. The van der Waals surface area contributed by atoms with E-state index in [4.69, 9.17) is 4.74 Å². The number of ether oxygens (including phenoxy) is 1. The molecule has 0 radical (unpaired) electrons. The molecular weight excluding hydrogens is 392 g/mol. The predicted molar refractivity (Wildman–Crippen MR) is 100 cm³/mol. The van der Waals surface area contributed by atoms with Crippen molar-refractivity contribution in [2.75, 3.05) is 23.2 Å². The summed E-state index contributed by atoms with van der Waals surface area (Å²) in [7, 11) is -7.55. The van der Waals surface area contributed by atoms with Gasteiger partial charge < -0.3 is 4.74 Å². The topological polar surface area (TPSA) is 110 Å². The second kappa shape index (κ2) is 6.84. The SMILES string of the molecule is Cc1cc(N2C(=O)C(C)(C)CS2(=O)=O)ccc1S(=O)(=O)NCC1CCCO1. The molecule has 0 bridgehead atoms. The highest BCUT2D eigenvalue weighted by Crippen LogP contribution is 2.36. The van der Waals surface area contributed by atoms with Gasteiger partial charge in [0.1, 0.15) is 0 Å². The molecule has 1 unspecified atom stereocenters. The van der Waals surface area contributed by atoms with Gasteiger partial charge in [-0.15, -0.1) is 0 Å². The fourth-order valence-electron chi connectivity index (χ4n) is 3.41. The Kier molecular flexibility index (Phi) is 5.13. The zero-order valence-corrected chi connectivity index (χ0v) is 17.2. The Hall–Kier alpha value is -1.49. The molecule has 1 atom stereocenters. The molecule has 1 aromatic carbocycles. The van der Waals surface area contributed by atoms with Crippen molar-refractivity contribution in [1.29, 1.82) is 0 Å². The molecule has 27 heavy (non-hydrogen) atoms. The fraction of sp³-hybridized carbons (Fsp3) is 0.588. The van der Waals surface area contributed by atoms with Gasteiger partial charge in [0.25, 0.3) is 0 Å². The minimum absolute atomic E-state index is 0.0487. The minimum atomic E-state index is -3.78. The van der Waals surface area contributed by atoms with Gasteiger partial charge in [-0.2, -0.15) is 0 Å². The summed E-state index contributed by atoms with van der Waals surface area (Å²) < 4.78 is 58.7. The highest BCUT2D eigenvalue weighted by Gasteiger charge is 2.50. The van der Waals surface area contributed by atoms with E-state index in [2.05, 4.69) is 4.72 Å². The van der Waals surface area contributed by atoms with Gasteiger partial charge in [-0.3, -0.25) is 4.79 Å². The third-order valence-electron chi connectivity index (χ3n) is 4.79. The van der Waals surface area contributed by atoms with Crippen molar-refractivity contribution in [2.45, 2.75) is 44.6 Å². The first-order valence-corrected chi connectivity index (χ1v) is 11.8. The average Bonchev–Trinajstić information content (AvgIpc) is 3.10. The zero-order valence-electron chi connectivity index (χ0n) is 15.6. The van der Waals surface area contributed by atoms with Gasteiger partial charge in [0.2, 0.25) is 26.0 Å². The van der Waals surface area contributed by atoms with E-state index in [1.165, 1.54) is 18.2 Å². The molecule has 2 aliphatic rings. The summed E-state index contributed by atoms with van der Waals surface area (Å²) in [6, 6.07) is 4.10. The summed E-state index contributed by atoms with van der Waals surface area (Å²) in [5.74, 6) is -0.796. The standard InChI is InChI=1S/C17H24N2O6S2/c1-12-9-13(19-16(20)17(2,3)11-26(19,21)22)6-7-15(12)27(23,24)18-10-14-5-4-8-25-14/h6-7,9,14,18H,4-5,8,10-11H2,1-3H3. The summed E-state index contributed by atoms with van der Waals surface area (Å²) >= 11 is 0. The smallest absolute Gasteiger partial charge is 0.247 e. The third-order valence-corrected chi connectivity index (χ3v) is 8.40. The highest BCUT2D eigenvalue weighted by atomic mass is 32.2. The molecule has 2 fully saturated rings. The molecule has 0 saturated carbocycles. The van der Waals surface area contributed by atoms with E-state index in [0.29, 0.717) is 12.2 Å². The van der Waals surface area contributed by atoms with Crippen LogP contribution in [0, 0.1) is 12.3 Å². The maximum absolute atomic E-state index is 12.6. The molecule has 1 amide bonds. The number of anilines is 1. The van der Waals surface area contributed by atoms with Crippen molar-refractivity contribution in [3.05, 3.63) is 23.8 Å². The largest absolute Gasteiger partial charge is 0.377 e. The summed E-state index contributed by atoms with van der Waals surface area (Å²) in [6.07, 6.45) is 1.59. The van der Waals surface area contributed by atoms with E-state index in [9.17, 15) is 21.6 Å². The number of hydrogen-bond acceptors (Lipinski definition) is 6. The molecule has 10 heteroatoms. The summed E-state index contributed by atoms with van der Waals surface area (Å²) in [5, 5.41) is 0. The van der Waals surface area contributed by atoms with Crippen molar-refractivity contribution < 1.29 is 26.4 Å². The molecule has 3 rings (SSSR count). The number of carbonyl (C=O) groups is 1. The summed E-state index contributed by atoms with van der Waals surface area (Å²) in [5.41, 5.74) is -0.499. The first-order chi connectivity index (χ1) is 12.4. The first kappa shape index (κ1) is 20.2. The van der Waals surface area contributed by atoms with Crippen molar-refractivity contribution >= 4 is 31.6 Å². The Morgan fingerprint density at radius 1 is 1.33 bits per heavy atom. The van der Waals surface area contributed by atoms with E-state index in [1.807, 2.05) is 0 Å². The van der Waals surface area contributed by atoms with Crippen LogP contribution in [0.3, 0.4) is 0 Å². The molecule has 2 heterocycles. The molecule has 0 spiro atoms. The summed E-state index contributed by atoms with van der Waals surface area (Å²) in [6.45, 7) is 5.55. The number of hydrogen-bond donors (Lipinski definition) is 1. The number of benzene rings is 1. The Bertz CT molecular complexity index is 963. The van der Waals surface area contributed by atoms with Crippen molar-refractivity contribution in [2.24, 2.45) is 5.41 Å². The van der Waals surface area contributed by atoms with Crippen molar-refractivity contribution in [3.8, 4) is 0 Å². The van der Waals surface area contributed by atoms with Crippen molar-refractivity contribution in [1.82, 2.24) is 4.72 Å². The molecule has 0 aromatic heterocycles. The molecular formula is C17H24N2O6S2. The Labute approximate surface area is 160 Å². The van der Waals surface area contributed by atoms with Crippen LogP contribution in [-0.2, 0) is 29.6 Å². The van der Waals surface area contributed by atoms with Crippen LogP contribution in [0.5, 0.6) is 0 Å². The van der Waals surface area contributed by atoms with Crippen LogP contribution < -0.4 is 9.03 Å². The molecule has 8 nitrogen and oxygen atoms in total. The fourth-order valence-corrected chi connectivity index (χ4v) is 6.80. The number of nitrogens with one attached hydrogen (secondary N) is 1. The maximum Gasteiger partial charge on any atom is 0.247 e. The lowest BCUT2D eigenvalue weighted by atomic mass is 9.95. The quantitative estimate of drug-likeness (QED) is 0.771. The average molecular weight is 417 g/mol. The first-order valence-electron chi connectivity index (χ1n) is 8.73. The lowest BCUT2D eigenvalue weighted by molar-refractivity contribution is -0.123. The van der Waals surface area contributed by atoms with Gasteiger partial charge in [0.15, 0.2) is 0 Å². The zero-order chi connectivity index (χ0) is 20.0. The monoisotopic (exact) mass is 416 g/mol. The lowest BCUT2D eigenvalue weighted by Gasteiger charge is -2.19. The number of amides is 1. The number of rotatable bonds is 5. The Morgan fingerprint density at radius 2 is 2.04 bits per heavy atom. The van der Waals surface area contributed by atoms with Crippen LogP contribution in [0.15, 0.2) is 23.1 Å². The van der Waals surface area contributed by atoms with Crippen LogP contribution in [0.2, 0.25) is 0 Å². The van der Waals surface area contributed by atoms with Crippen LogP contribution in [0.25, 0.3) is 0 Å². The van der Waals surface area contributed by atoms with E-state index in [-0.39, 0.29) is 29.0 Å². The van der Waals surface area contributed by atoms with Crippen LogP contribution in [0.4, 0.5) is 5.69 Å². The lowest BCUT2D eigenvalue weighted by Crippen LogP contribution is -2.33. The van der Waals surface area contributed by atoms with E-state index < -0.39 is 31.4 Å². The van der Waals surface area contributed by atoms with Crippen LogP contribution in [0.1, 0.15) is 32.3 Å². The van der Waals surface area contributed by atoms with Crippen molar-refractivity contribution in [3.63, 3.8) is 0 Å². The third kappa shape index (κ3) is 3.89. The second-order valence-corrected chi connectivity index (χ2v) is 11.2.